The van der Waals surface area contributed by atoms with Crippen molar-refractivity contribution in [1.29, 1.82) is 0 Å². The maximum absolute atomic E-state index is 12.3. The zero-order valence-corrected chi connectivity index (χ0v) is 19.5. The maximum atomic E-state index is 12.3. The molecule has 6 nitrogen and oxygen atoms in total. The predicted molar refractivity (Wildman–Crippen MR) is 130 cm³/mol. The van der Waals surface area contributed by atoms with Gasteiger partial charge in [0.15, 0.2) is 5.70 Å². The molecule has 34 heavy (non-hydrogen) atoms. The van der Waals surface area contributed by atoms with Crippen molar-refractivity contribution in [2.24, 2.45) is 4.99 Å². The molecular formula is C28H25NO5. The van der Waals surface area contributed by atoms with Crippen LogP contribution in [0.5, 0.6) is 11.5 Å². The van der Waals surface area contributed by atoms with E-state index in [9.17, 15) is 9.59 Å². The molecule has 0 saturated heterocycles. The minimum atomic E-state index is -0.509. The number of hydrogen-bond acceptors (Lipinski definition) is 6. The van der Waals surface area contributed by atoms with Gasteiger partial charge in [0.25, 0.3) is 0 Å². The third-order valence-corrected chi connectivity index (χ3v) is 5.34. The summed E-state index contributed by atoms with van der Waals surface area (Å²) in [7, 11) is 1.56. The van der Waals surface area contributed by atoms with Gasteiger partial charge in [0.05, 0.1) is 12.7 Å². The summed E-state index contributed by atoms with van der Waals surface area (Å²) in [5.74, 6) is 0.346. The molecule has 0 unspecified atom stereocenters. The maximum Gasteiger partial charge on any atom is 0.363 e. The van der Waals surface area contributed by atoms with Crippen LogP contribution in [0.1, 0.15) is 47.8 Å². The van der Waals surface area contributed by atoms with Crippen LogP contribution in [-0.4, -0.2) is 24.9 Å². The number of aliphatic imine (C=N–C) groups is 1. The summed E-state index contributed by atoms with van der Waals surface area (Å²) in [4.78, 5) is 29.0. The van der Waals surface area contributed by atoms with Gasteiger partial charge in [0.1, 0.15) is 11.5 Å². The highest BCUT2D eigenvalue weighted by Crippen LogP contribution is 2.25. The summed E-state index contributed by atoms with van der Waals surface area (Å²) in [5, 5.41) is 0. The lowest BCUT2D eigenvalue weighted by molar-refractivity contribution is -0.129. The van der Waals surface area contributed by atoms with Gasteiger partial charge < -0.3 is 14.2 Å². The Morgan fingerprint density at radius 2 is 1.50 bits per heavy atom. The first kappa shape index (κ1) is 23.0. The monoisotopic (exact) mass is 455 g/mol. The van der Waals surface area contributed by atoms with Gasteiger partial charge >= 0.3 is 11.9 Å². The van der Waals surface area contributed by atoms with Crippen LogP contribution in [0.25, 0.3) is 6.08 Å². The molecule has 0 saturated carbocycles. The Hall–Kier alpha value is -4.19. The average molecular weight is 456 g/mol. The summed E-state index contributed by atoms with van der Waals surface area (Å²) in [5.41, 5.74) is 3.31. The molecule has 1 aliphatic rings. The van der Waals surface area contributed by atoms with E-state index in [1.807, 2.05) is 24.3 Å². The van der Waals surface area contributed by atoms with E-state index in [2.05, 4.69) is 25.8 Å². The number of hydrogen-bond donors (Lipinski definition) is 0. The predicted octanol–water partition coefficient (Wildman–Crippen LogP) is 5.56. The zero-order chi connectivity index (χ0) is 24.3. The van der Waals surface area contributed by atoms with Gasteiger partial charge in [-0.15, -0.1) is 0 Å². The standard InChI is InChI=1S/C28H25NO5/c1-28(2,3)21-11-7-19(8-12-21)25-29-24(27(31)34-25)17-18-5-13-23(14-6-18)33-26(30)20-9-15-22(32-4)16-10-20/h5-17H,1-4H3/b24-17-. The quantitative estimate of drug-likeness (QED) is 0.286. The second-order valence-electron chi connectivity index (χ2n) is 8.85. The van der Waals surface area contributed by atoms with Gasteiger partial charge in [-0.1, -0.05) is 45.0 Å². The molecular weight excluding hydrogens is 430 g/mol. The molecule has 1 aliphatic heterocycles. The SMILES string of the molecule is COc1ccc(C(=O)Oc2ccc(/C=C3\N=C(c4ccc(C(C)(C)C)cc4)OC3=O)cc2)cc1. The van der Waals surface area contributed by atoms with Crippen LogP contribution in [0.4, 0.5) is 0 Å². The number of nitrogens with zero attached hydrogens (tertiary/aromatic N) is 1. The van der Waals surface area contributed by atoms with Crippen molar-refractivity contribution >= 4 is 23.9 Å². The van der Waals surface area contributed by atoms with Crippen LogP contribution in [0.2, 0.25) is 0 Å². The number of carbonyl (C=O) groups excluding carboxylic acids is 2. The lowest BCUT2D eigenvalue weighted by Gasteiger charge is -2.18. The van der Waals surface area contributed by atoms with E-state index >= 15 is 0 Å². The molecule has 3 aromatic carbocycles. The molecule has 0 spiro atoms. The van der Waals surface area contributed by atoms with Crippen molar-refractivity contribution in [2.75, 3.05) is 7.11 Å². The van der Waals surface area contributed by atoms with E-state index in [-0.39, 0.29) is 17.0 Å². The molecule has 0 fully saturated rings. The molecule has 0 aliphatic carbocycles. The minimum absolute atomic E-state index is 0.0346. The van der Waals surface area contributed by atoms with E-state index in [1.165, 1.54) is 5.56 Å². The van der Waals surface area contributed by atoms with Crippen molar-refractivity contribution in [2.45, 2.75) is 26.2 Å². The van der Waals surface area contributed by atoms with Crippen LogP contribution in [-0.2, 0) is 14.9 Å². The van der Waals surface area contributed by atoms with E-state index in [0.717, 1.165) is 11.1 Å². The summed E-state index contributed by atoms with van der Waals surface area (Å²) in [6, 6.07) is 21.3. The molecule has 172 valence electrons. The van der Waals surface area contributed by atoms with Crippen LogP contribution in [0.15, 0.2) is 83.5 Å². The highest BCUT2D eigenvalue weighted by atomic mass is 16.6. The molecule has 0 atom stereocenters. The van der Waals surface area contributed by atoms with Crippen LogP contribution in [0.3, 0.4) is 0 Å². The number of benzene rings is 3. The van der Waals surface area contributed by atoms with Gasteiger partial charge in [-0.05, 0) is 71.1 Å². The number of carbonyl (C=O) groups is 2. The van der Waals surface area contributed by atoms with Gasteiger partial charge in [0, 0.05) is 5.56 Å². The molecule has 0 radical (unpaired) electrons. The summed E-state index contributed by atoms with van der Waals surface area (Å²) >= 11 is 0. The Balaban J connectivity index is 1.45. The third kappa shape index (κ3) is 5.23. The second-order valence-corrected chi connectivity index (χ2v) is 8.85. The molecule has 1 heterocycles. The highest BCUT2D eigenvalue weighted by Gasteiger charge is 2.24. The van der Waals surface area contributed by atoms with Gasteiger partial charge in [-0.25, -0.2) is 14.6 Å². The Morgan fingerprint density at radius 1 is 0.882 bits per heavy atom. The summed E-state index contributed by atoms with van der Waals surface area (Å²) in [6.07, 6.45) is 1.63. The first-order valence-electron chi connectivity index (χ1n) is 10.8. The normalized spacial score (nSPS) is 14.5. The lowest BCUT2D eigenvalue weighted by atomic mass is 9.87. The number of esters is 2. The molecule has 0 bridgehead atoms. The van der Waals surface area contributed by atoms with Crippen molar-refractivity contribution in [1.82, 2.24) is 0 Å². The molecule has 0 aromatic heterocycles. The summed E-state index contributed by atoms with van der Waals surface area (Å²) in [6.45, 7) is 6.42. The van der Waals surface area contributed by atoms with Crippen LogP contribution < -0.4 is 9.47 Å². The van der Waals surface area contributed by atoms with Gasteiger partial charge in [-0.3, -0.25) is 0 Å². The number of methoxy groups -OCH3 is 1. The fourth-order valence-corrected chi connectivity index (χ4v) is 3.33. The largest absolute Gasteiger partial charge is 0.497 e. The Labute approximate surface area is 198 Å². The number of rotatable bonds is 5. The number of ether oxygens (including phenoxy) is 3. The fraction of sp³-hybridized carbons (Fsp3) is 0.179. The van der Waals surface area contributed by atoms with Crippen LogP contribution >= 0.6 is 0 Å². The first-order chi connectivity index (χ1) is 16.2. The molecule has 6 heteroatoms. The minimum Gasteiger partial charge on any atom is -0.497 e. The summed E-state index contributed by atoms with van der Waals surface area (Å²) < 4.78 is 15.9. The van der Waals surface area contributed by atoms with Crippen molar-refractivity contribution in [3.63, 3.8) is 0 Å². The van der Waals surface area contributed by atoms with Crippen LogP contribution in [0, 0.1) is 0 Å². The third-order valence-electron chi connectivity index (χ3n) is 5.34. The van der Waals surface area contributed by atoms with Crippen molar-refractivity contribution in [3.05, 3.63) is 101 Å². The Bertz CT molecular complexity index is 1260. The Kier molecular flexibility index (Phi) is 6.32. The molecule has 0 N–H and O–H groups in total. The molecule has 3 aromatic rings. The van der Waals surface area contributed by atoms with Gasteiger partial charge in [0.2, 0.25) is 5.90 Å². The molecule has 0 amide bonds. The van der Waals surface area contributed by atoms with Crippen molar-refractivity contribution < 1.29 is 23.8 Å². The first-order valence-corrected chi connectivity index (χ1v) is 10.8. The van der Waals surface area contributed by atoms with E-state index in [1.54, 1.807) is 61.7 Å². The topological polar surface area (TPSA) is 74.2 Å². The average Bonchev–Trinajstić information content (AvgIpc) is 3.20. The fourth-order valence-electron chi connectivity index (χ4n) is 3.33. The smallest absolute Gasteiger partial charge is 0.363 e. The van der Waals surface area contributed by atoms with Gasteiger partial charge in [-0.2, -0.15) is 0 Å². The van der Waals surface area contributed by atoms with E-state index in [4.69, 9.17) is 14.2 Å². The highest BCUT2D eigenvalue weighted by molar-refractivity contribution is 6.12. The lowest BCUT2D eigenvalue weighted by Crippen LogP contribution is -2.11. The number of cyclic esters (lactones) is 1. The van der Waals surface area contributed by atoms with E-state index < -0.39 is 11.9 Å². The zero-order valence-electron chi connectivity index (χ0n) is 19.5. The molecule has 4 rings (SSSR count). The second kappa shape index (κ2) is 9.35. The Morgan fingerprint density at radius 3 is 2.09 bits per heavy atom. The van der Waals surface area contributed by atoms with Crippen molar-refractivity contribution in [3.8, 4) is 11.5 Å². The van der Waals surface area contributed by atoms with E-state index in [0.29, 0.717) is 17.1 Å².